The molecule has 0 aromatic carbocycles. The summed E-state index contributed by atoms with van der Waals surface area (Å²) in [6, 6.07) is 0. The van der Waals surface area contributed by atoms with Gasteiger partial charge in [-0.05, 0) is 11.8 Å². The van der Waals surface area contributed by atoms with E-state index in [-0.39, 0.29) is 12.0 Å². The standard InChI is InChI=1S/C12H27NO/c1-6-7-11(2,3)8-13-9-12(4,5)10-14/h13-14H,6-10H2,1-5H3. The molecule has 14 heavy (non-hydrogen) atoms. The Morgan fingerprint density at radius 1 is 1.00 bits per heavy atom. The van der Waals surface area contributed by atoms with Gasteiger partial charge in [-0.15, -0.1) is 0 Å². The molecule has 0 unspecified atom stereocenters. The molecule has 0 aliphatic carbocycles. The van der Waals surface area contributed by atoms with Gasteiger partial charge >= 0.3 is 0 Å². The quantitative estimate of drug-likeness (QED) is 0.663. The molecule has 0 aromatic rings. The Bertz CT molecular complexity index is 152. The third-order valence-electron chi connectivity index (χ3n) is 2.56. The molecule has 2 N–H and O–H groups in total. The normalized spacial score (nSPS) is 13.3. The highest BCUT2D eigenvalue weighted by Crippen LogP contribution is 2.21. The number of hydrogen-bond acceptors (Lipinski definition) is 2. The second-order valence-electron chi connectivity index (χ2n) is 5.84. The molecular weight excluding hydrogens is 174 g/mol. The van der Waals surface area contributed by atoms with Crippen LogP contribution in [0.5, 0.6) is 0 Å². The topological polar surface area (TPSA) is 32.3 Å². The lowest BCUT2D eigenvalue weighted by molar-refractivity contribution is 0.151. The van der Waals surface area contributed by atoms with Crippen molar-refractivity contribution in [2.45, 2.75) is 47.5 Å². The zero-order valence-corrected chi connectivity index (χ0v) is 10.5. The summed E-state index contributed by atoms with van der Waals surface area (Å²) in [6.45, 7) is 13.1. The zero-order valence-electron chi connectivity index (χ0n) is 10.5. The fraction of sp³-hybridized carbons (Fsp3) is 1.00. The van der Waals surface area contributed by atoms with E-state index in [2.05, 4.69) is 39.9 Å². The van der Waals surface area contributed by atoms with Crippen LogP contribution >= 0.6 is 0 Å². The molecule has 0 heterocycles. The van der Waals surface area contributed by atoms with Crippen molar-refractivity contribution in [3.05, 3.63) is 0 Å². The number of hydrogen-bond donors (Lipinski definition) is 2. The Kier molecular flexibility index (Phi) is 5.68. The van der Waals surface area contributed by atoms with Crippen LogP contribution < -0.4 is 5.32 Å². The van der Waals surface area contributed by atoms with Gasteiger partial charge in [-0.1, -0.05) is 41.0 Å². The molecule has 2 heteroatoms. The Hall–Kier alpha value is -0.0800. The summed E-state index contributed by atoms with van der Waals surface area (Å²) in [6.07, 6.45) is 2.48. The van der Waals surface area contributed by atoms with Gasteiger partial charge in [-0.2, -0.15) is 0 Å². The van der Waals surface area contributed by atoms with E-state index in [1.54, 1.807) is 0 Å². The van der Waals surface area contributed by atoms with Gasteiger partial charge in [0.05, 0.1) is 0 Å². The lowest BCUT2D eigenvalue weighted by atomic mass is 9.87. The summed E-state index contributed by atoms with van der Waals surface area (Å²) in [5.74, 6) is 0. The van der Waals surface area contributed by atoms with Gasteiger partial charge < -0.3 is 10.4 Å². The summed E-state index contributed by atoms with van der Waals surface area (Å²) in [5, 5.41) is 12.5. The Morgan fingerprint density at radius 2 is 1.50 bits per heavy atom. The third kappa shape index (κ3) is 6.39. The maximum Gasteiger partial charge on any atom is 0.0494 e. The van der Waals surface area contributed by atoms with Crippen molar-refractivity contribution in [1.29, 1.82) is 0 Å². The Morgan fingerprint density at radius 3 is 1.93 bits per heavy atom. The van der Waals surface area contributed by atoms with Crippen molar-refractivity contribution in [2.24, 2.45) is 10.8 Å². The van der Waals surface area contributed by atoms with E-state index in [0.29, 0.717) is 5.41 Å². The molecule has 0 amide bonds. The molecule has 86 valence electrons. The number of aliphatic hydroxyl groups excluding tert-OH is 1. The van der Waals surface area contributed by atoms with E-state index in [0.717, 1.165) is 13.1 Å². The smallest absolute Gasteiger partial charge is 0.0494 e. The summed E-state index contributed by atoms with van der Waals surface area (Å²) in [5.41, 5.74) is 0.378. The highest BCUT2D eigenvalue weighted by molar-refractivity contribution is 4.75. The molecule has 0 atom stereocenters. The molecule has 0 aliphatic heterocycles. The minimum absolute atomic E-state index is 0.00228. The first-order valence-corrected chi connectivity index (χ1v) is 5.64. The average molecular weight is 201 g/mol. The summed E-state index contributed by atoms with van der Waals surface area (Å²) in [7, 11) is 0. The predicted molar refractivity (Wildman–Crippen MR) is 62.4 cm³/mol. The van der Waals surface area contributed by atoms with Gasteiger partial charge in [0.2, 0.25) is 0 Å². The van der Waals surface area contributed by atoms with Crippen molar-refractivity contribution < 1.29 is 5.11 Å². The highest BCUT2D eigenvalue weighted by Gasteiger charge is 2.19. The summed E-state index contributed by atoms with van der Waals surface area (Å²) < 4.78 is 0. The average Bonchev–Trinajstić information content (AvgIpc) is 2.03. The monoisotopic (exact) mass is 201 g/mol. The van der Waals surface area contributed by atoms with Crippen molar-refractivity contribution in [3.8, 4) is 0 Å². The molecule has 0 aliphatic rings. The minimum atomic E-state index is 0.00228. The van der Waals surface area contributed by atoms with E-state index in [1.807, 2.05) is 0 Å². The largest absolute Gasteiger partial charge is 0.396 e. The molecule has 0 radical (unpaired) electrons. The van der Waals surface area contributed by atoms with Crippen LogP contribution in [0.4, 0.5) is 0 Å². The van der Waals surface area contributed by atoms with E-state index in [4.69, 9.17) is 5.11 Å². The maximum atomic E-state index is 9.09. The van der Waals surface area contributed by atoms with Crippen LogP contribution in [0.2, 0.25) is 0 Å². The van der Waals surface area contributed by atoms with Gasteiger partial charge in [-0.3, -0.25) is 0 Å². The highest BCUT2D eigenvalue weighted by atomic mass is 16.3. The van der Waals surface area contributed by atoms with Crippen LogP contribution in [0.15, 0.2) is 0 Å². The van der Waals surface area contributed by atoms with Gasteiger partial charge in [0, 0.05) is 25.1 Å². The molecular formula is C12H27NO. The van der Waals surface area contributed by atoms with Crippen LogP contribution in [0.1, 0.15) is 47.5 Å². The molecule has 0 spiro atoms. The van der Waals surface area contributed by atoms with Gasteiger partial charge in [0.25, 0.3) is 0 Å². The predicted octanol–water partition coefficient (Wildman–Crippen LogP) is 2.42. The Labute approximate surface area is 89.1 Å². The fourth-order valence-corrected chi connectivity index (χ4v) is 1.56. The van der Waals surface area contributed by atoms with Crippen molar-refractivity contribution in [2.75, 3.05) is 19.7 Å². The lowest BCUT2D eigenvalue weighted by Gasteiger charge is -2.28. The zero-order chi connectivity index (χ0) is 11.2. The maximum absolute atomic E-state index is 9.09. The summed E-state index contributed by atoms with van der Waals surface area (Å²) >= 11 is 0. The van der Waals surface area contributed by atoms with Crippen LogP contribution in [-0.4, -0.2) is 24.8 Å². The van der Waals surface area contributed by atoms with Crippen LogP contribution in [0.3, 0.4) is 0 Å². The fourth-order valence-electron chi connectivity index (χ4n) is 1.56. The number of rotatable bonds is 7. The SMILES string of the molecule is CCCC(C)(C)CNCC(C)(C)CO. The number of aliphatic hydroxyl groups is 1. The van der Waals surface area contributed by atoms with Gasteiger partial charge in [0.1, 0.15) is 0 Å². The van der Waals surface area contributed by atoms with Crippen molar-refractivity contribution in [1.82, 2.24) is 5.32 Å². The molecule has 0 saturated carbocycles. The first kappa shape index (κ1) is 13.9. The number of nitrogens with one attached hydrogen (secondary N) is 1. The van der Waals surface area contributed by atoms with E-state index < -0.39 is 0 Å². The second-order valence-corrected chi connectivity index (χ2v) is 5.84. The van der Waals surface area contributed by atoms with E-state index in [1.165, 1.54) is 12.8 Å². The van der Waals surface area contributed by atoms with Crippen LogP contribution in [-0.2, 0) is 0 Å². The van der Waals surface area contributed by atoms with E-state index in [9.17, 15) is 0 Å². The van der Waals surface area contributed by atoms with Gasteiger partial charge in [0.15, 0.2) is 0 Å². The van der Waals surface area contributed by atoms with Crippen molar-refractivity contribution in [3.63, 3.8) is 0 Å². The molecule has 0 rings (SSSR count). The van der Waals surface area contributed by atoms with Crippen LogP contribution in [0, 0.1) is 10.8 Å². The first-order valence-electron chi connectivity index (χ1n) is 5.64. The molecule has 0 saturated heterocycles. The minimum Gasteiger partial charge on any atom is -0.396 e. The molecule has 2 nitrogen and oxygen atoms in total. The van der Waals surface area contributed by atoms with Gasteiger partial charge in [-0.25, -0.2) is 0 Å². The molecule has 0 aromatic heterocycles. The molecule has 0 bridgehead atoms. The van der Waals surface area contributed by atoms with Crippen LogP contribution in [0.25, 0.3) is 0 Å². The third-order valence-corrected chi connectivity index (χ3v) is 2.56. The summed E-state index contributed by atoms with van der Waals surface area (Å²) in [4.78, 5) is 0. The van der Waals surface area contributed by atoms with Crippen molar-refractivity contribution >= 4 is 0 Å². The second kappa shape index (κ2) is 5.72. The first-order chi connectivity index (χ1) is 6.33. The van der Waals surface area contributed by atoms with E-state index >= 15 is 0 Å². The lowest BCUT2D eigenvalue weighted by Crippen LogP contribution is -2.37. The Balaban J connectivity index is 3.73. The molecule has 0 fully saturated rings.